The molecule has 132 valence electrons. The van der Waals surface area contributed by atoms with Gasteiger partial charge in [0.2, 0.25) is 5.12 Å². The minimum atomic E-state index is -1.13. The first kappa shape index (κ1) is 17.9. The lowest BCUT2D eigenvalue weighted by atomic mass is 9.97. The first-order chi connectivity index (χ1) is 12.3. The summed E-state index contributed by atoms with van der Waals surface area (Å²) < 4.78 is 0. The minimum Gasteiger partial charge on any atom is -0.478 e. The number of aryl methyl sites for hydroxylation is 2. The van der Waals surface area contributed by atoms with Gasteiger partial charge in [0.1, 0.15) is 0 Å². The molecular formula is C20H17NO4S. The summed E-state index contributed by atoms with van der Waals surface area (Å²) >= 11 is 1.11. The summed E-state index contributed by atoms with van der Waals surface area (Å²) in [5.74, 6) is -1.62. The number of hydrogen-bond acceptors (Lipinski definition) is 4. The van der Waals surface area contributed by atoms with Gasteiger partial charge in [-0.2, -0.15) is 0 Å². The van der Waals surface area contributed by atoms with E-state index in [0.717, 1.165) is 33.3 Å². The molecule has 0 aromatic heterocycles. The fourth-order valence-electron chi connectivity index (χ4n) is 2.79. The summed E-state index contributed by atoms with van der Waals surface area (Å²) in [6.07, 6.45) is 0. The highest BCUT2D eigenvalue weighted by Gasteiger charge is 2.30. The molecule has 1 amide bonds. The number of fused-ring (bicyclic) bond motifs is 1. The lowest BCUT2D eigenvalue weighted by Crippen LogP contribution is -2.17. The van der Waals surface area contributed by atoms with E-state index in [4.69, 9.17) is 0 Å². The largest absolute Gasteiger partial charge is 0.478 e. The number of carboxylic acids is 1. The smallest absolute Gasteiger partial charge is 0.337 e. The lowest BCUT2D eigenvalue weighted by Gasteiger charge is -2.11. The normalized spacial score (nSPS) is 14.8. The molecule has 0 bridgehead atoms. The summed E-state index contributed by atoms with van der Waals surface area (Å²) in [6, 6.07) is 10.0. The number of anilines is 1. The van der Waals surface area contributed by atoms with E-state index in [2.05, 4.69) is 5.32 Å². The molecule has 0 saturated heterocycles. The van der Waals surface area contributed by atoms with Gasteiger partial charge in [-0.1, -0.05) is 12.1 Å². The molecule has 0 saturated carbocycles. The van der Waals surface area contributed by atoms with Crippen LogP contribution in [0.1, 0.15) is 34.0 Å². The van der Waals surface area contributed by atoms with Crippen LogP contribution >= 0.6 is 11.8 Å². The van der Waals surface area contributed by atoms with Gasteiger partial charge in [0.25, 0.3) is 5.91 Å². The van der Waals surface area contributed by atoms with Crippen LogP contribution in [0.5, 0.6) is 0 Å². The van der Waals surface area contributed by atoms with E-state index >= 15 is 0 Å². The highest BCUT2D eigenvalue weighted by atomic mass is 32.2. The SMILES string of the molecule is C/C(C(=O)Nc1ccccc1C(=O)O)=C1/C(=O)Sc2cc(C)c(C)cc21. The van der Waals surface area contributed by atoms with E-state index in [9.17, 15) is 19.5 Å². The average molecular weight is 367 g/mol. The van der Waals surface area contributed by atoms with Gasteiger partial charge in [0, 0.05) is 21.6 Å². The Labute approximate surface area is 155 Å². The van der Waals surface area contributed by atoms with Crippen LogP contribution in [-0.4, -0.2) is 22.1 Å². The molecule has 0 radical (unpaired) electrons. The molecule has 0 fully saturated rings. The molecule has 3 rings (SSSR count). The van der Waals surface area contributed by atoms with Crippen molar-refractivity contribution < 1.29 is 19.5 Å². The third kappa shape index (κ3) is 3.15. The second-order valence-corrected chi connectivity index (χ2v) is 7.14. The van der Waals surface area contributed by atoms with E-state index in [1.165, 1.54) is 12.1 Å². The molecule has 1 aliphatic rings. The second-order valence-electron chi connectivity index (χ2n) is 6.13. The third-order valence-corrected chi connectivity index (χ3v) is 5.34. The number of carboxylic acid groups (broad SMARTS) is 1. The lowest BCUT2D eigenvalue weighted by molar-refractivity contribution is -0.113. The van der Waals surface area contributed by atoms with E-state index in [1.54, 1.807) is 19.1 Å². The van der Waals surface area contributed by atoms with Crippen molar-refractivity contribution in [2.24, 2.45) is 0 Å². The van der Waals surface area contributed by atoms with Gasteiger partial charge < -0.3 is 10.4 Å². The molecule has 0 atom stereocenters. The highest BCUT2D eigenvalue weighted by molar-refractivity contribution is 8.15. The summed E-state index contributed by atoms with van der Waals surface area (Å²) in [6.45, 7) is 5.51. The topological polar surface area (TPSA) is 83.5 Å². The van der Waals surface area contributed by atoms with Crippen molar-refractivity contribution in [2.45, 2.75) is 25.7 Å². The zero-order valence-corrected chi connectivity index (χ0v) is 15.4. The number of amides is 1. The number of nitrogens with one attached hydrogen (secondary N) is 1. The Hall–Kier alpha value is -2.86. The minimum absolute atomic E-state index is 0.00218. The first-order valence-electron chi connectivity index (χ1n) is 7.98. The molecular weight excluding hydrogens is 350 g/mol. The molecule has 2 aromatic carbocycles. The van der Waals surface area contributed by atoms with Crippen LogP contribution in [0.3, 0.4) is 0 Å². The molecule has 6 heteroatoms. The van der Waals surface area contributed by atoms with Gasteiger partial charge in [0.15, 0.2) is 0 Å². The van der Waals surface area contributed by atoms with Crippen LogP contribution in [-0.2, 0) is 9.59 Å². The van der Waals surface area contributed by atoms with Gasteiger partial charge in [-0.25, -0.2) is 4.79 Å². The van der Waals surface area contributed by atoms with Gasteiger partial charge in [-0.05, 0) is 67.9 Å². The van der Waals surface area contributed by atoms with Crippen LogP contribution < -0.4 is 5.32 Å². The van der Waals surface area contributed by atoms with Crippen molar-refractivity contribution in [1.29, 1.82) is 0 Å². The number of rotatable bonds is 3. The maximum Gasteiger partial charge on any atom is 0.337 e. The van der Waals surface area contributed by atoms with Gasteiger partial charge >= 0.3 is 5.97 Å². The third-order valence-electron chi connectivity index (χ3n) is 4.39. The molecule has 2 N–H and O–H groups in total. The summed E-state index contributed by atoms with van der Waals surface area (Å²) in [5, 5.41) is 11.7. The number of aromatic carboxylic acids is 1. The second kappa shape index (κ2) is 6.80. The van der Waals surface area contributed by atoms with E-state index in [-0.39, 0.29) is 21.9 Å². The Kier molecular flexibility index (Phi) is 4.70. The summed E-state index contributed by atoms with van der Waals surface area (Å²) in [4.78, 5) is 37.2. The predicted octanol–water partition coefficient (Wildman–Crippen LogP) is 4.05. The Morgan fingerprint density at radius 2 is 1.73 bits per heavy atom. The quantitative estimate of drug-likeness (QED) is 0.800. The maximum absolute atomic E-state index is 12.7. The monoisotopic (exact) mass is 367 g/mol. The Morgan fingerprint density at radius 3 is 2.42 bits per heavy atom. The van der Waals surface area contributed by atoms with Crippen LogP contribution in [0.25, 0.3) is 5.57 Å². The number of thioether (sulfide) groups is 1. The van der Waals surface area contributed by atoms with Crippen molar-refractivity contribution >= 4 is 40.0 Å². The number of benzene rings is 2. The van der Waals surface area contributed by atoms with Gasteiger partial charge in [-0.3, -0.25) is 9.59 Å². The summed E-state index contributed by atoms with van der Waals surface area (Å²) in [5.41, 5.74) is 3.72. The highest BCUT2D eigenvalue weighted by Crippen LogP contribution is 2.43. The van der Waals surface area contributed by atoms with Crippen LogP contribution in [0.4, 0.5) is 5.69 Å². The number of hydrogen-bond donors (Lipinski definition) is 2. The molecule has 1 aliphatic heterocycles. The number of carbonyl (C=O) groups is 3. The van der Waals surface area contributed by atoms with Crippen molar-refractivity contribution in [3.05, 3.63) is 64.2 Å². The van der Waals surface area contributed by atoms with Gasteiger partial charge in [-0.15, -0.1) is 0 Å². The Bertz CT molecular complexity index is 991. The zero-order valence-electron chi connectivity index (χ0n) is 14.5. The average Bonchev–Trinajstić information content (AvgIpc) is 2.89. The van der Waals surface area contributed by atoms with E-state index < -0.39 is 11.9 Å². The first-order valence-corrected chi connectivity index (χ1v) is 8.79. The maximum atomic E-state index is 12.7. The summed E-state index contributed by atoms with van der Waals surface area (Å²) in [7, 11) is 0. The van der Waals surface area contributed by atoms with Crippen LogP contribution in [0, 0.1) is 13.8 Å². The number of carbonyl (C=O) groups excluding carboxylic acids is 2. The van der Waals surface area contributed by atoms with E-state index in [1.807, 2.05) is 26.0 Å². The Balaban J connectivity index is 2.01. The zero-order chi connectivity index (χ0) is 19.0. The molecule has 5 nitrogen and oxygen atoms in total. The number of para-hydroxylation sites is 1. The fourth-order valence-corrected chi connectivity index (χ4v) is 3.87. The molecule has 26 heavy (non-hydrogen) atoms. The standard InChI is InChI=1S/C20H17NO4S/c1-10-8-14-16(9-11(10)2)26-20(25)17(14)12(3)18(22)21-15-7-5-4-6-13(15)19(23)24/h4-9H,1-3H3,(H,21,22)(H,23,24)/b17-12-. The predicted molar refractivity (Wildman–Crippen MR) is 101 cm³/mol. The van der Waals surface area contributed by atoms with Crippen molar-refractivity contribution in [3.63, 3.8) is 0 Å². The Morgan fingerprint density at radius 1 is 1.08 bits per heavy atom. The molecule has 0 spiro atoms. The van der Waals surface area contributed by atoms with Crippen LogP contribution in [0.15, 0.2) is 46.9 Å². The fraction of sp³-hybridized carbons (Fsp3) is 0.150. The van der Waals surface area contributed by atoms with Crippen molar-refractivity contribution in [3.8, 4) is 0 Å². The van der Waals surface area contributed by atoms with Crippen molar-refractivity contribution in [2.75, 3.05) is 5.32 Å². The van der Waals surface area contributed by atoms with E-state index in [0.29, 0.717) is 5.57 Å². The van der Waals surface area contributed by atoms with Crippen molar-refractivity contribution in [1.82, 2.24) is 0 Å². The van der Waals surface area contributed by atoms with Gasteiger partial charge in [0.05, 0.1) is 11.3 Å². The van der Waals surface area contributed by atoms with Crippen LogP contribution in [0.2, 0.25) is 0 Å². The molecule has 1 heterocycles. The molecule has 2 aromatic rings. The molecule has 0 unspecified atom stereocenters. The molecule has 0 aliphatic carbocycles.